The third kappa shape index (κ3) is 3.47. The van der Waals surface area contributed by atoms with Gasteiger partial charge in [-0.15, -0.1) is 0 Å². The summed E-state index contributed by atoms with van der Waals surface area (Å²) in [6.45, 7) is 5.78. The Morgan fingerprint density at radius 3 is 2.44 bits per heavy atom. The van der Waals surface area contributed by atoms with Crippen molar-refractivity contribution in [3.8, 4) is 5.75 Å². The van der Waals surface area contributed by atoms with E-state index in [0.717, 1.165) is 11.3 Å². The second kappa shape index (κ2) is 6.40. The summed E-state index contributed by atoms with van der Waals surface area (Å²) in [6.07, 6.45) is 0. The van der Waals surface area contributed by atoms with Crippen molar-refractivity contribution in [2.45, 2.75) is 32.9 Å². The number of carbonyl (C=O) groups excluding carboxylic acids is 1. The van der Waals surface area contributed by atoms with Crippen LogP contribution < -0.4 is 15.8 Å². The van der Waals surface area contributed by atoms with Gasteiger partial charge in [-0.2, -0.15) is 0 Å². The number of benzene rings is 1. The minimum atomic E-state index is -0.484. The van der Waals surface area contributed by atoms with Gasteiger partial charge in [-0.25, -0.2) is 0 Å². The number of ether oxygens (including phenoxy) is 1. The molecule has 4 nitrogen and oxygen atoms in total. The first-order chi connectivity index (χ1) is 8.47. The largest absolute Gasteiger partial charge is 0.496 e. The van der Waals surface area contributed by atoms with Gasteiger partial charge >= 0.3 is 0 Å². The molecule has 1 aromatic carbocycles. The minimum Gasteiger partial charge on any atom is -0.496 e. The number of hydrogen-bond acceptors (Lipinski definition) is 3. The molecule has 1 amide bonds. The van der Waals surface area contributed by atoms with Crippen molar-refractivity contribution in [1.29, 1.82) is 0 Å². The Labute approximate surface area is 109 Å². The molecule has 18 heavy (non-hydrogen) atoms. The second-order valence-electron chi connectivity index (χ2n) is 4.74. The van der Waals surface area contributed by atoms with Crippen molar-refractivity contribution in [2.75, 3.05) is 7.11 Å². The number of nitrogens with two attached hydrogens (primary N) is 1. The lowest BCUT2D eigenvalue weighted by Gasteiger charge is -2.21. The number of rotatable bonds is 5. The molecule has 0 fully saturated rings. The van der Waals surface area contributed by atoms with Gasteiger partial charge in [0, 0.05) is 5.56 Å². The lowest BCUT2D eigenvalue weighted by atomic mass is 10.0. The van der Waals surface area contributed by atoms with Crippen LogP contribution in [0.2, 0.25) is 0 Å². The number of carbonyl (C=O) groups is 1. The Kier molecular flexibility index (Phi) is 5.16. The monoisotopic (exact) mass is 250 g/mol. The zero-order valence-electron chi connectivity index (χ0n) is 11.4. The van der Waals surface area contributed by atoms with Crippen LogP contribution in [0.25, 0.3) is 0 Å². The maximum absolute atomic E-state index is 11.9. The molecule has 1 unspecified atom stereocenters. The van der Waals surface area contributed by atoms with Gasteiger partial charge in [0.25, 0.3) is 0 Å². The minimum absolute atomic E-state index is 0.120. The van der Waals surface area contributed by atoms with Crippen LogP contribution in [0.15, 0.2) is 24.3 Å². The molecule has 0 spiro atoms. The van der Waals surface area contributed by atoms with Crippen molar-refractivity contribution in [2.24, 2.45) is 11.7 Å². The van der Waals surface area contributed by atoms with Gasteiger partial charge in [0.2, 0.25) is 5.91 Å². The lowest BCUT2D eigenvalue weighted by Crippen LogP contribution is -2.44. The number of nitrogens with one attached hydrogen (secondary N) is 1. The first-order valence-electron chi connectivity index (χ1n) is 6.16. The molecule has 0 aliphatic carbocycles. The number of amides is 1. The molecule has 0 aromatic heterocycles. The first-order valence-corrected chi connectivity index (χ1v) is 6.16. The molecule has 0 saturated carbocycles. The maximum atomic E-state index is 11.9. The van der Waals surface area contributed by atoms with E-state index in [1.165, 1.54) is 0 Å². The average molecular weight is 250 g/mol. The van der Waals surface area contributed by atoms with E-state index in [2.05, 4.69) is 5.32 Å². The molecule has 0 heterocycles. The molecule has 0 aliphatic rings. The summed E-state index contributed by atoms with van der Waals surface area (Å²) in [5.74, 6) is 0.752. The SMILES string of the molecule is COc1ccccc1[C@@H](C)NC(=O)C(N)C(C)C. The van der Waals surface area contributed by atoms with Crippen molar-refractivity contribution in [3.05, 3.63) is 29.8 Å². The lowest BCUT2D eigenvalue weighted by molar-refractivity contribution is -0.123. The van der Waals surface area contributed by atoms with Gasteiger partial charge in [0.1, 0.15) is 5.75 Å². The van der Waals surface area contributed by atoms with Crippen LogP contribution in [0.1, 0.15) is 32.4 Å². The maximum Gasteiger partial charge on any atom is 0.237 e. The third-order valence-electron chi connectivity index (χ3n) is 2.99. The van der Waals surface area contributed by atoms with Crippen LogP contribution in [0, 0.1) is 5.92 Å². The van der Waals surface area contributed by atoms with Crippen LogP contribution in [-0.4, -0.2) is 19.1 Å². The number of methoxy groups -OCH3 is 1. The van der Waals surface area contributed by atoms with E-state index < -0.39 is 6.04 Å². The number of para-hydroxylation sites is 1. The fourth-order valence-corrected chi connectivity index (χ4v) is 1.71. The summed E-state index contributed by atoms with van der Waals surface area (Å²) in [7, 11) is 1.62. The molecule has 1 aromatic rings. The van der Waals surface area contributed by atoms with Crippen molar-refractivity contribution >= 4 is 5.91 Å². The van der Waals surface area contributed by atoms with Gasteiger partial charge in [-0.05, 0) is 18.9 Å². The molecule has 0 bridgehead atoms. The highest BCUT2D eigenvalue weighted by Crippen LogP contribution is 2.24. The van der Waals surface area contributed by atoms with Crippen LogP contribution in [0.5, 0.6) is 5.75 Å². The molecular weight excluding hydrogens is 228 g/mol. The summed E-state index contributed by atoms with van der Waals surface area (Å²) >= 11 is 0. The van der Waals surface area contributed by atoms with E-state index in [4.69, 9.17) is 10.5 Å². The van der Waals surface area contributed by atoms with Crippen LogP contribution in [-0.2, 0) is 4.79 Å². The first kappa shape index (κ1) is 14.5. The zero-order chi connectivity index (χ0) is 13.7. The Balaban J connectivity index is 2.76. The molecule has 0 aliphatic heterocycles. The Morgan fingerprint density at radius 1 is 1.28 bits per heavy atom. The topological polar surface area (TPSA) is 64.3 Å². The van der Waals surface area contributed by atoms with Gasteiger partial charge in [0.05, 0.1) is 19.2 Å². The van der Waals surface area contributed by atoms with Crippen molar-refractivity contribution < 1.29 is 9.53 Å². The molecule has 1 rings (SSSR count). The standard InChI is InChI=1S/C14H22N2O2/c1-9(2)13(15)14(17)16-10(3)11-7-5-6-8-12(11)18-4/h5-10,13H,15H2,1-4H3,(H,16,17)/t10-,13?/m1/s1. The fourth-order valence-electron chi connectivity index (χ4n) is 1.71. The fraction of sp³-hybridized carbons (Fsp3) is 0.500. The van der Waals surface area contributed by atoms with Crippen LogP contribution >= 0.6 is 0 Å². The Hall–Kier alpha value is -1.55. The molecule has 100 valence electrons. The van der Waals surface area contributed by atoms with E-state index in [-0.39, 0.29) is 17.9 Å². The molecule has 0 radical (unpaired) electrons. The quantitative estimate of drug-likeness (QED) is 0.838. The van der Waals surface area contributed by atoms with Crippen LogP contribution in [0.3, 0.4) is 0 Å². The Morgan fingerprint density at radius 2 is 1.89 bits per heavy atom. The van der Waals surface area contributed by atoms with E-state index in [9.17, 15) is 4.79 Å². The van der Waals surface area contributed by atoms with Gasteiger partial charge in [-0.1, -0.05) is 32.0 Å². The van der Waals surface area contributed by atoms with E-state index in [1.807, 2.05) is 45.0 Å². The van der Waals surface area contributed by atoms with E-state index in [1.54, 1.807) is 7.11 Å². The summed E-state index contributed by atoms with van der Waals surface area (Å²) in [6, 6.07) is 7.02. The van der Waals surface area contributed by atoms with Gasteiger partial charge in [0.15, 0.2) is 0 Å². The number of hydrogen-bond donors (Lipinski definition) is 2. The van der Waals surface area contributed by atoms with Gasteiger partial charge < -0.3 is 15.8 Å². The summed E-state index contributed by atoms with van der Waals surface area (Å²) in [5.41, 5.74) is 6.76. The summed E-state index contributed by atoms with van der Waals surface area (Å²) in [4.78, 5) is 11.9. The highest BCUT2D eigenvalue weighted by Gasteiger charge is 2.20. The van der Waals surface area contributed by atoms with Crippen LogP contribution in [0.4, 0.5) is 0 Å². The normalized spacial score (nSPS) is 14.1. The molecule has 2 atom stereocenters. The predicted molar refractivity (Wildman–Crippen MR) is 72.4 cm³/mol. The van der Waals surface area contributed by atoms with Crippen molar-refractivity contribution in [1.82, 2.24) is 5.32 Å². The van der Waals surface area contributed by atoms with Gasteiger partial charge in [-0.3, -0.25) is 4.79 Å². The van der Waals surface area contributed by atoms with Crippen molar-refractivity contribution in [3.63, 3.8) is 0 Å². The average Bonchev–Trinajstić information content (AvgIpc) is 2.37. The zero-order valence-corrected chi connectivity index (χ0v) is 11.4. The van der Waals surface area contributed by atoms with E-state index in [0.29, 0.717) is 0 Å². The smallest absolute Gasteiger partial charge is 0.237 e. The highest BCUT2D eigenvalue weighted by molar-refractivity contribution is 5.82. The summed E-state index contributed by atoms with van der Waals surface area (Å²) in [5, 5.41) is 2.91. The third-order valence-corrected chi connectivity index (χ3v) is 2.99. The molecular formula is C14H22N2O2. The molecule has 4 heteroatoms. The molecule has 3 N–H and O–H groups in total. The summed E-state index contributed by atoms with van der Waals surface area (Å²) < 4.78 is 5.27. The highest BCUT2D eigenvalue weighted by atomic mass is 16.5. The Bertz CT molecular complexity index is 405. The second-order valence-corrected chi connectivity index (χ2v) is 4.74. The van der Waals surface area contributed by atoms with E-state index >= 15 is 0 Å². The predicted octanol–water partition coefficient (Wildman–Crippen LogP) is 1.86. The molecule has 0 saturated heterocycles.